The van der Waals surface area contributed by atoms with Gasteiger partial charge in [0.2, 0.25) is 0 Å². The number of ether oxygens (including phenoxy) is 3. The maximum absolute atomic E-state index is 12.4. The summed E-state index contributed by atoms with van der Waals surface area (Å²) in [5.74, 6) is 0.265. The van der Waals surface area contributed by atoms with E-state index in [4.69, 9.17) is 14.2 Å². The lowest BCUT2D eigenvalue weighted by molar-refractivity contribution is -0.157. The highest BCUT2D eigenvalue weighted by Crippen LogP contribution is 2.18. The molecule has 0 saturated heterocycles. The minimum Gasteiger partial charge on any atom is -0.482 e. The lowest BCUT2D eigenvalue weighted by atomic mass is 10.2. The molecule has 8 heteroatoms. The van der Waals surface area contributed by atoms with E-state index in [-0.39, 0.29) is 24.1 Å². The van der Waals surface area contributed by atoms with Crippen molar-refractivity contribution >= 4 is 17.6 Å². The van der Waals surface area contributed by atoms with Crippen LogP contribution < -0.4 is 14.8 Å². The maximum atomic E-state index is 12.4. The Morgan fingerprint density at radius 1 is 0.903 bits per heavy atom. The summed E-state index contributed by atoms with van der Waals surface area (Å²) < 4.78 is 16.1. The Hall–Kier alpha value is -3.94. The standard InChI is InChI=1S/C23H23N3O5/c1-23(2,3)31-20(27)15-29-18-11-9-17(10-12-18)26-21(28)16-13-24-22(25-14-16)30-19-7-5-4-6-8-19/h4-14H,15H2,1-3H3,(H,26,28). The van der Waals surface area contributed by atoms with Crippen LogP contribution in [0.4, 0.5) is 5.69 Å². The minimum atomic E-state index is -0.565. The third-order valence-corrected chi connectivity index (χ3v) is 3.73. The Bertz CT molecular complexity index is 1010. The zero-order chi connectivity index (χ0) is 22.3. The van der Waals surface area contributed by atoms with Crippen molar-refractivity contribution in [2.75, 3.05) is 11.9 Å². The smallest absolute Gasteiger partial charge is 0.344 e. The quantitative estimate of drug-likeness (QED) is 0.570. The highest BCUT2D eigenvalue weighted by Gasteiger charge is 2.16. The Balaban J connectivity index is 1.51. The van der Waals surface area contributed by atoms with Gasteiger partial charge in [0, 0.05) is 18.1 Å². The summed E-state index contributed by atoms with van der Waals surface area (Å²) in [6, 6.07) is 15.9. The summed E-state index contributed by atoms with van der Waals surface area (Å²) in [4.78, 5) is 32.2. The Morgan fingerprint density at radius 3 is 2.16 bits per heavy atom. The summed E-state index contributed by atoms with van der Waals surface area (Å²) in [6.07, 6.45) is 2.78. The van der Waals surface area contributed by atoms with E-state index in [1.807, 2.05) is 18.2 Å². The van der Waals surface area contributed by atoms with E-state index in [1.165, 1.54) is 12.4 Å². The van der Waals surface area contributed by atoms with Crippen molar-refractivity contribution in [2.24, 2.45) is 0 Å². The van der Waals surface area contributed by atoms with Crippen LogP contribution in [-0.4, -0.2) is 34.1 Å². The first-order chi connectivity index (χ1) is 14.8. The van der Waals surface area contributed by atoms with Crippen molar-refractivity contribution in [1.29, 1.82) is 0 Å². The number of para-hydroxylation sites is 1. The van der Waals surface area contributed by atoms with Crippen molar-refractivity contribution < 1.29 is 23.8 Å². The van der Waals surface area contributed by atoms with Crippen molar-refractivity contribution in [3.63, 3.8) is 0 Å². The highest BCUT2D eigenvalue weighted by atomic mass is 16.6. The minimum absolute atomic E-state index is 0.147. The molecule has 0 bridgehead atoms. The van der Waals surface area contributed by atoms with Gasteiger partial charge >= 0.3 is 12.0 Å². The van der Waals surface area contributed by atoms with E-state index in [2.05, 4.69) is 15.3 Å². The number of nitrogens with one attached hydrogen (secondary N) is 1. The lowest BCUT2D eigenvalue weighted by Gasteiger charge is -2.19. The lowest BCUT2D eigenvalue weighted by Crippen LogP contribution is -2.27. The number of aromatic nitrogens is 2. The first kappa shape index (κ1) is 21.8. The topological polar surface area (TPSA) is 99.6 Å². The summed E-state index contributed by atoms with van der Waals surface area (Å²) >= 11 is 0. The summed E-state index contributed by atoms with van der Waals surface area (Å²) in [5, 5.41) is 2.74. The SMILES string of the molecule is CC(C)(C)OC(=O)COc1ccc(NC(=O)c2cnc(Oc3ccccc3)nc2)cc1. The van der Waals surface area contributed by atoms with E-state index < -0.39 is 11.6 Å². The number of carbonyl (C=O) groups excluding carboxylic acids is 2. The molecule has 31 heavy (non-hydrogen) atoms. The molecule has 0 aliphatic rings. The van der Waals surface area contributed by atoms with Crippen LogP contribution in [0.2, 0.25) is 0 Å². The van der Waals surface area contributed by atoms with Gasteiger partial charge in [0.25, 0.3) is 5.91 Å². The molecule has 0 fully saturated rings. The number of anilines is 1. The van der Waals surface area contributed by atoms with Crippen LogP contribution in [-0.2, 0) is 9.53 Å². The van der Waals surface area contributed by atoms with Crippen LogP contribution in [0, 0.1) is 0 Å². The molecule has 0 spiro atoms. The van der Waals surface area contributed by atoms with E-state index in [9.17, 15) is 9.59 Å². The van der Waals surface area contributed by atoms with Gasteiger partial charge < -0.3 is 19.5 Å². The zero-order valence-corrected chi connectivity index (χ0v) is 17.5. The average Bonchev–Trinajstić information content (AvgIpc) is 2.73. The Labute approximate surface area is 180 Å². The van der Waals surface area contributed by atoms with Gasteiger partial charge in [-0.3, -0.25) is 4.79 Å². The van der Waals surface area contributed by atoms with Crippen molar-refractivity contribution in [3.8, 4) is 17.5 Å². The molecule has 0 atom stereocenters. The monoisotopic (exact) mass is 421 g/mol. The molecule has 1 heterocycles. The second-order valence-corrected chi connectivity index (χ2v) is 7.52. The molecule has 2 aromatic carbocycles. The molecule has 0 radical (unpaired) electrons. The fraction of sp³-hybridized carbons (Fsp3) is 0.217. The molecule has 3 rings (SSSR count). The molecular weight excluding hydrogens is 398 g/mol. The van der Waals surface area contributed by atoms with Crippen molar-refractivity contribution in [2.45, 2.75) is 26.4 Å². The normalized spacial score (nSPS) is 10.8. The van der Waals surface area contributed by atoms with Crippen molar-refractivity contribution in [1.82, 2.24) is 9.97 Å². The number of hydrogen-bond donors (Lipinski definition) is 1. The second-order valence-electron chi connectivity index (χ2n) is 7.52. The summed E-state index contributed by atoms with van der Waals surface area (Å²) in [7, 11) is 0. The molecular formula is C23H23N3O5. The molecule has 0 aliphatic heterocycles. The Kier molecular flexibility index (Phi) is 6.81. The first-order valence-electron chi connectivity index (χ1n) is 9.59. The first-order valence-corrected chi connectivity index (χ1v) is 9.59. The number of esters is 1. The predicted octanol–water partition coefficient (Wildman–Crippen LogP) is 4.24. The summed E-state index contributed by atoms with van der Waals surface area (Å²) in [6.45, 7) is 5.17. The predicted molar refractivity (Wildman–Crippen MR) is 114 cm³/mol. The number of carbonyl (C=O) groups is 2. The molecule has 160 valence electrons. The fourth-order valence-electron chi connectivity index (χ4n) is 2.43. The number of hydrogen-bond acceptors (Lipinski definition) is 7. The van der Waals surface area contributed by atoms with Gasteiger partial charge in [0.1, 0.15) is 17.1 Å². The van der Waals surface area contributed by atoms with Gasteiger partial charge in [0.05, 0.1) is 5.56 Å². The number of amides is 1. The zero-order valence-electron chi connectivity index (χ0n) is 17.5. The highest BCUT2D eigenvalue weighted by molar-refractivity contribution is 6.03. The van der Waals surface area contributed by atoms with E-state index in [1.54, 1.807) is 57.2 Å². The second kappa shape index (κ2) is 9.71. The third kappa shape index (κ3) is 7.11. The largest absolute Gasteiger partial charge is 0.482 e. The van der Waals surface area contributed by atoms with Gasteiger partial charge in [-0.25, -0.2) is 14.8 Å². The summed E-state index contributed by atoms with van der Waals surface area (Å²) in [5.41, 5.74) is 0.273. The molecule has 0 saturated carbocycles. The van der Waals surface area contributed by atoms with Gasteiger partial charge in [0.15, 0.2) is 6.61 Å². The molecule has 1 amide bonds. The number of rotatable bonds is 7. The molecule has 3 aromatic rings. The molecule has 8 nitrogen and oxygen atoms in total. The van der Waals surface area contributed by atoms with Crippen LogP contribution in [0.5, 0.6) is 17.5 Å². The fourth-order valence-corrected chi connectivity index (χ4v) is 2.43. The maximum Gasteiger partial charge on any atom is 0.344 e. The van der Waals surface area contributed by atoms with Crippen LogP contribution in [0.3, 0.4) is 0 Å². The number of nitrogens with zero attached hydrogens (tertiary/aromatic N) is 2. The third-order valence-electron chi connectivity index (χ3n) is 3.73. The molecule has 0 unspecified atom stereocenters. The van der Waals surface area contributed by atoms with E-state index in [0.717, 1.165) is 0 Å². The van der Waals surface area contributed by atoms with Gasteiger partial charge in [-0.1, -0.05) is 18.2 Å². The van der Waals surface area contributed by atoms with Gasteiger partial charge in [-0.15, -0.1) is 0 Å². The van der Waals surface area contributed by atoms with Gasteiger partial charge in [-0.05, 0) is 57.2 Å². The number of benzene rings is 2. The molecule has 1 N–H and O–H groups in total. The van der Waals surface area contributed by atoms with Crippen LogP contribution in [0.15, 0.2) is 67.0 Å². The van der Waals surface area contributed by atoms with Gasteiger partial charge in [-0.2, -0.15) is 0 Å². The van der Waals surface area contributed by atoms with E-state index >= 15 is 0 Å². The Morgan fingerprint density at radius 2 is 1.55 bits per heavy atom. The average molecular weight is 421 g/mol. The van der Waals surface area contributed by atoms with E-state index in [0.29, 0.717) is 17.2 Å². The molecule has 0 aliphatic carbocycles. The van der Waals surface area contributed by atoms with Crippen LogP contribution in [0.1, 0.15) is 31.1 Å². The van der Waals surface area contributed by atoms with Crippen LogP contribution >= 0.6 is 0 Å². The van der Waals surface area contributed by atoms with Crippen molar-refractivity contribution in [3.05, 3.63) is 72.6 Å². The van der Waals surface area contributed by atoms with Crippen LogP contribution in [0.25, 0.3) is 0 Å². The molecule has 1 aromatic heterocycles.